The highest BCUT2D eigenvalue weighted by molar-refractivity contribution is 7.94. The zero-order chi connectivity index (χ0) is 15.0. The second-order valence-corrected chi connectivity index (χ2v) is 7.45. The number of pyridine rings is 1. The standard InChI is InChI=1S/C14H13N3O2S2/c1-9-5-6-10-3-2-4-12(14(10)16-9)17-21(18,19)13-7-11(15)8-20-13/h2-8,17H,15H2,1H3. The molecule has 0 radical (unpaired) electrons. The quantitative estimate of drug-likeness (QED) is 0.777. The first-order valence-corrected chi connectivity index (χ1v) is 8.55. The monoisotopic (exact) mass is 319 g/mol. The van der Waals surface area contributed by atoms with Crippen molar-refractivity contribution < 1.29 is 8.42 Å². The number of hydrogen-bond acceptors (Lipinski definition) is 5. The smallest absolute Gasteiger partial charge is 0.271 e. The van der Waals surface area contributed by atoms with Gasteiger partial charge in [-0.05, 0) is 25.1 Å². The average Bonchev–Trinajstić information content (AvgIpc) is 2.87. The molecular formula is C14H13N3O2S2. The summed E-state index contributed by atoms with van der Waals surface area (Å²) in [5.74, 6) is 0. The van der Waals surface area contributed by atoms with Crippen molar-refractivity contribution in [2.45, 2.75) is 11.1 Å². The van der Waals surface area contributed by atoms with Crippen molar-refractivity contribution in [2.75, 3.05) is 10.5 Å². The molecule has 3 rings (SSSR count). The van der Waals surface area contributed by atoms with Crippen LogP contribution in [0.25, 0.3) is 10.9 Å². The van der Waals surface area contributed by atoms with E-state index in [2.05, 4.69) is 9.71 Å². The molecule has 2 heterocycles. The van der Waals surface area contributed by atoms with Gasteiger partial charge in [-0.2, -0.15) is 0 Å². The maximum absolute atomic E-state index is 12.4. The molecule has 108 valence electrons. The second-order valence-electron chi connectivity index (χ2n) is 4.63. The number of para-hydroxylation sites is 1. The van der Waals surface area contributed by atoms with Crippen LogP contribution >= 0.6 is 11.3 Å². The Labute approximate surface area is 126 Å². The lowest BCUT2D eigenvalue weighted by Crippen LogP contribution is -2.12. The van der Waals surface area contributed by atoms with Gasteiger partial charge in [-0.1, -0.05) is 18.2 Å². The van der Waals surface area contributed by atoms with Gasteiger partial charge >= 0.3 is 0 Å². The fourth-order valence-electron chi connectivity index (χ4n) is 1.99. The SMILES string of the molecule is Cc1ccc2cccc(NS(=O)(=O)c3cc(N)cs3)c2n1. The summed E-state index contributed by atoms with van der Waals surface area (Å²) in [7, 11) is -3.65. The van der Waals surface area contributed by atoms with Gasteiger partial charge in [-0.25, -0.2) is 8.42 Å². The minimum absolute atomic E-state index is 0.185. The summed E-state index contributed by atoms with van der Waals surface area (Å²) in [5.41, 5.74) is 7.94. The van der Waals surface area contributed by atoms with Crippen LogP contribution in [0.1, 0.15) is 5.69 Å². The van der Waals surface area contributed by atoms with E-state index >= 15 is 0 Å². The number of nitrogens with one attached hydrogen (secondary N) is 1. The van der Waals surface area contributed by atoms with E-state index in [1.54, 1.807) is 17.5 Å². The number of nitrogen functional groups attached to an aromatic ring is 1. The Balaban J connectivity index is 2.08. The molecule has 7 heteroatoms. The first-order chi connectivity index (χ1) is 9.95. The second kappa shape index (κ2) is 5.01. The third-order valence-corrected chi connectivity index (χ3v) is 5.79. The van der Waals surface area contributed by atoms with Crippen LogP contribution in [-0.2, 0) is 10.0 Å². The van der Waals surface area contributed by atoms with E-state index in [4.69, 9.17) is 5.73 Å². The van der Waals surface area contributed by atoms with E-state index in [9.17, 15) is 8.42 Å². The van der Waals surface area contributed by atoms with Crippen molar-refractivity contribution in [1.82, 2.24) is 4.98 Å². The van der Waals surface area contributed by atoms with Crippen LogP contribution in [0.15, 0.2) is 46.0 Å². The molecule has 0 saturated heterocycles. The molecule has 5 nitrogen and oxygen atoms in total. The van der Waals surface area contributed by atoms with Crippen molar-refractivity contribution in [2.24, 2.45) is 0 Å². The van der Waals surface area contributed by atoms with Gasteiger partial charge in [0.2, 0.25) is 0 Å². The molecule has 0 spiro atoms. The summed E-state index contributed by atoms with van der Waals surface area (Å²) >= 11 is 1.09. The highest BCUT2D eigenvalue weighted by Gasteiger charge is 2.18. The molecule has 1 aromatic carbocycles. The van der Waals surface area contributed by atoms with Gasteiger partial charge in [0.1, 0.15) is 4.21 Å². The summed E-state index contributed by atoms with van der Waals surface area (Å²) in [6.07, 6.45) is 0. The average molecular weight is 319 g/mol. The summed E-state index contributed by atoms with van der Waals surface area (Å²) in [6.45, 7) is 1.87. The molecule has 2 aromatic heterocycles. The van der Waals surface area contributed by atoms with Crippen LogP contribution in [0.2, 0.25) is 0 Å². The van der Waals surface area contributed by atoms with Gasteiger partial charge in [0, 0.05) is 22.1 Å². The number of rotatable bonds is 3. The zero-order valence-electron chi connectivity index (χ0n) is 11.2. The lowest BCUT2D eigenvalue weighted by Gasteiger charge is -2.09. The predicted molar refractivity (Wildman–Crippen MR) is 86.0 cm³/mol. The predicted octanol–water partition coefficient (Wildman–Crippen LogP) is 2.99. The van der Waals surface area contributed by atoms with Crippen molar-refractivity contribution in [3.63, 3.8) is 0 Å². The molecule has 0 aliphatic carbocycles. The Morgan fingerprint density at radius 1 is 1.24 bits per heavy atom. The molecular weight excluding hydrogens is 306 g/mol. The fourth-order valence-corrected chi connectivity index (χ4v) is 4.14. The van der Waals surface area contributed by atoms with Crippen molar-refractivity contribution in [3.8, 4) is 0 Å². The van der Waals surface area contributed by atoms with E-state index in [-0.39, 0.29) is 4.21 Å². The number of anilines is 2. The van der Waals surface area contributed by atoms with Crippen LogP contribution in [0.5, 0.6) is 0 Å². The van der Waals surface area contributed by atoms with E-state index in [1.165, 1.54) is 6.07 Å². The number of aryl methyl sites for hydroxylation is 1. The van der Waals surface area contributed by atoms with Crippen LogP contribution in [0, 0.1) is 6.92 Å². The zero-order valence-corrected chi connectivity index (χ0v) is 12.8. The first kappa shape index (κ1) is 13.8. The third-order valence-electron chi connectivity index (χ3n) is 2.96. The molecule has 0 saturated carbocycles. The lowest BCUT2D eigenvalue weighted by atomic mass is 10.2. The van der Waals surface area contributed by atoms with E-state index in [0.717, 1.165) is 22.4 Å². The number of thiophene rings is 1. The number of nitrogens with zero attached hydrogens (tertiary/aromatic N) is 1. The summed E-state index contributed by atoms with van der Waals surface area (Å²) in [6, 6.07) is 10.6. The highest BCUT2D eigenvalue weighted by atomic mass is 32.2. The maximum Gasteiger partial charge on any atom is 0.271 e. The number of nitrogens with two attached hydrogens (primary N) is 1. The van der Waals surface area contributed by atoms with Crippen LogP contribution < -0.4 is 10.5 Å². The molecule has 21 heavy (non-hydrogen) atoms. The van der Waals surface area contributed by atoms with Crippen molar-refractivity contribution in [3.05, 3.63) is 47.5 Å². The summed E-state index contributed by atoms with van der Waals surface area (Å²) in [4.78, 5) is 4.41. The van der Waals surface area contributed by atoms with Crippen LogP contribution in [-0.4, -0.2) is 13.4 Å². The molecule has 0 aliphatic rings. The number of fused-ring (bicyclic) bond motifs is 1. The molecule has 0 atom stereocenters. The molecule has 3 N–H and O–H groups in total. The van der Waals surface area contributed by atoms with Gasteiger partial charge < -0.3 is 5.73 Å². The van der Waals surface area contributed by atoms with E-state index in [0.29, 0.717) is 16.9 Å². The van der Waals surface area contributed by atoms with E-state index < -0.39 is 10.0 Å². The normalized spacial score (nSPS) is 11.7. The lowest BCUT2D eigenvalue weighted by molar-refractivity contribution is 0.603. The molecule has 0 bridgehead atoms. The largest absolute Gasteiger partial charge is 0.398 e. The third kappa shape index (κ3) is 2.70. The van der Waals surface area contributed by atoms with Gasteiger partial charge in [0.25, 0.3) is 10.0 Å². The molecule has 0 aliphatic heterocycles. The highest BCUT2D eigenvalue weighted by Crippen LogP contribution is 2.27. The minimum Gasteiger partial charge on any atom is -0.398 e. The van der Waals surface area contributed by atoms with Crippen molar-refractivity contribution in [1.29, 1.82) is 0 Å². The molecule has 0 unspecified atom stereocenters. The Morgan fingerprint density at radius 3 is 2.76 bits per heavy atom. The number of aromatic nitrogens is 1. The number of sulfonamides is 1. The molecule has 3 aromatic rings. The minimum atomic E-state index is -3.65. The van der Waals surface area contributed by atoms with Crippen molar-refractivity contribution >= 4 is 43.6 Å². The topological polar surface area (TPSA) is 85.1 Å². The number of hydrogen-bond donors (Lipinski definition) is 2. The summed E-state index contributed by atoms with van der Waals surface area (Å²) in [5, 5.41) is 2.48. The first-order valence-electron chi connectivity index (χ1n) is 6.19. The Morgan fingerprint density at radius 2 is 2.05 bits per heavy atom. The maximum atomic E-state index is 12.4. The van der Waals surface area contributed by atoms with Crippen LogP contribution in [0.3, 0.4) is 0 Å². The van der Waals surface area contributed by atoms with E-state index in [1.807, 2.05) is 25.1 Å². The van der Waals surface area contributed by atoms with Crippen LogP contribution in [0.4, 0.5) is 11.4 Å². The Hall–Kier alpha value is -2.12. The number of benzene rings is 1. The Bertz CT molecular complexity index is 917. The van der Waals surface area contributed by atoms with Gasteiger partial charge in [0.15, 0.2) is 0 Å². The van der Waals surface area contributed by atoms with Gasteiger partial charge in [-0.15, -0.1) is 11.3 Å². The Kier molecular flexibility index (Phi) is 3.30. The van der Waals surface area contributed by atoms with Gasteiger partial charge in [-0.3, -0.25) is 9.71 Å². The molecule has 0 amide bonds. The van der Waals surface area contributed by atoms with Gasteiger partial charge in [0.05, 0.1) is 11.2 Å². The molecule has 0 fully saturated rings. The summed E-state index contributed by atoms with van der Waals surface area (Å²) < 4.78 is 27.5. The fraction of sp³-hybridized carbons (Fsp3) is 0.0714.